The standard InChI is InChI=1S/C19H26N2O6S/c1-4-12-21(13-5-2)28(24,25)17-8-6-16(7-9-17)20-18(22)10-11-19(23)27-15-14-26-3/h4-9H,1-2,10-15H2,3H3,(H,20,22). The zero-order valence-electron chi connectivity index (χ0n) is 15.9. The molecule has 28 heavy (non-hydrogen) atoms. The second-order valence-electron chi connectivity index (χ2n) is 5.69. The predicted molar refractivity (Wildman–Crippen MR) is 106 cm³/mol. The van der Waals surface area contributed by atoms with Gasteiger partial charge in [-0.2, -0.15) is 4.31 Å². The number of rotatable bonds is 13. The maximum absolute atomic E-state index is 12.6. The van der Waals surface area contributed by atoms with Gasteiger partial charge in [0.05, 0.1) is 17.9 Å². The van der Waals surface area contributed by atoms with Crippen LogP contribution in [0.25, 0.3) is 0 Å². The second-order valence-corrected chi connectivity index (χ2v) is 7.62. The molecular weight excluding hydrogens is 384 g/mol. The highest BCUT2D eigenvalue weighted by Gasteiger charge is 2.22. The van der Waals surface area contributed by atoms with E-state index in [2.05, 4.69) is 18.5 Å². The Bertz CT molecular complexity index is 764. The first-order valence-electron chi connectivity index (χ1n) is 8.61. The van der Waals surface area contributed by atoms with Crippen LogP contribution >= 0.6 is 0 Å². The van der Waals surface area contributed by atoms with Gasteiger partial charge in [0.15, 0.2) is 0 Å². The average molecular weight is 410 g/mol. The van der Waals surface area contributed by atoms with E-state index in [9.17, 15) is 18.0 Å². The van der Waals surface area contributed by atoms with Gasteiger partial charge in [0.1, 0.15) is 6.61 Å². The Morgan fingerprint density at radius 1 is 1.07 bits per heavy atom. The molecule has 0 aliphatic heterocycles. The molecule has 9 heteroatoms. The summed E-state index contributed by atoms with van der Waals surface area (Å²) in [6.45, 7) is 7.88. The van der Waals surface area contributed by atoms with Crippen LogP contribution in [0, 0.1) is 0 Å². The van der Waals surface area contributed by atoms with Crippen molar-refractivity contribution < 1.29 is 27.5 Å². The molecule has 0 aromatic heterocycles. The van der Waals surface area contributed by atoms with Crippen molar-refractivity contribution in [3.63, 3.8) is 0 Å². The smallest absolute Gasteiger partial charge is 0.306 e. The lowest BCUT2D eigenvalue weighted by molar-refractivity contribution is -0.145. The number of amides is 1. The predicted octanol–water partition coefficient (Wildman–Crippen LogP) is 1.96. The van der Waals surface area contributed by atoms with Crippen molar-refractivity contribution in [2.75, 3.05) is 38.7 Å². The Morgan fingerprint density at radius 3 is 2.21 bits per heavy atom. The van der Waals surface area contributed by atoms with Gasteiger partial charge in [-0.15, -0.1) is 13.2 Å². The van der Waals surface area contributed by atoms with Gasteiger partial charge in [-0.25, -0.2) is 8.42 Å². The summed E-state index contributed by atoms with van der Waals surface area (Å²) in [4.78, 5) is 23.5. The molecular formula is C19H26N2O6S. The zero-order chi connectivity index (χ0) is 21.0. The quantitative estimate of drug-likeness (QED) is 0.303. The first kappa shape index (κ1) is 23.5. The Morgan fingerprint density at radius 2 is 1.68 bits per heavy atom. The van der Waals surface area contributed by atoms with Crippen molar-refractivity contribution in [2.45, 2.75) is 17.7 Å². The van der Waals surface area contributed by atoms with E-state index in [0.717, 1.165) is 0 Å². The molecule has 0 saturated heterocycles. The highest BCUT2D eigenvalue weighted by atomic mass is 32.2. The van der Waals surface area contributed by atoms with Crippen LogP contribution in [-0.4, -0.2) is 58.0 Å². The van der Waals surface area contributed by atoms with Crippen LogP contribution in [0.4, 0.5) is 5.69 Å². The minimum absolute atomic E-state index is 0.0433. The van der Waals surface area contributed by atoms with E-state index >= 15 is 0 Å². The lowest BCUT2D eigenvalue weighted by atomic mass is 10.2. The summed E-state index contributed by atoms with van der Waals surface area (Å²) in [5.41, 5.74) is 0.427. The van der Waals surface area contributed by atoms with Crippen LogP contribution in [0.1, 0.15) is 12.8 Å². The molecule has 0 unspecified atom stereocenters. The number of esters is 1. The molecule has 0 aliphatic rings. The van der Waals surface area contributed by atoms with Gasteiger partial charge in [-0.1, -0.05) is 12.2 Å². The van der Waals surface area contributed by atoms with Crippen LogP contribution in [0.5, 0.6) is 0 Å². The van der Waals surface area contributed by atoms with Gasteiger partial charge in [0.2, 0.25) is 15.9 Å². The number of nitrogens with zero attached hydrogens (tertiary/aromatic N) is 1. The van der Waals surface area contributed by atoms with E-state index in [-0.39, 0.29) is 43.3 Å². The molecule has 1 amide bonds. The summed E-state index contributed by atoms with van der Waals surface area (Å²) in [5.74, 6) is -0.864. The van der Waals surface area contributed by atoms with Crippen LogP contribution in [0.3, 0.4) is 0 Å². The van der Waals surface area contributed by atoms with Crippen molar-refractivity contribution in [1.29, 1.82) is 0 Å². The lowest BCUT2D eigenvalue weighted by Gasteiger charge is -2.19. The molecule has 1 aromatic carbocycles. The number of methoxy groups -OCH3 is 1. The molecule has 0 atom stereocenters. The summed E-state index contributed by atoms with van der Waals surface area (Å²) in [7, 11) is -2.20. The van der Waals surface area contributed by atoms with Gasteiger partial charge in [-0.05, 0) is 24.3 Å². The Labute approximate surface area is 165 Å². The van der Waals surface area contributed by atoms with Crippen molar-refractivity contribution in [3.05, 3.63) is 49.6 Å². The van der Waals surface area contributed by atoms with E-state index in [1.54, 1.807) is 0 Å². The summed E-state index contributed by atoms with van der Waals surface area (Å²) in [6, 6.07) is 5.79. The molecule has 0 heterocycles. The molecule has 154 valence electrons. The molecule has 0 radical (unpaired) electrons. The van der Waals surface area contributed by atoms with Crippen LogP contribution in [0.15, 0.2) is 54.5 Å². The molecule has 0 fully saturated rings. The molecule has 0 bridgehead atoms. The van der Waals surface area contributed by atoms with Crippen molar-refractivity contribution >= 4 is 27.6 Å². The number of hydrogen-bond donors (Lipinski definition) is 1. The fourth-order valence-electron chi connectivity index (χ4n) is 2.17. The molecule has 0 spiro atoms. The summed E-state index contributed by atoms with van der Waals surface area (Å²) >= 11 is 0. The van der Waals surface area contributed by atoms with Gasteiger partial charge < -0.3 is 14.8 Å². The van der Waals surface area contributed by atoms with Crippen molar-refractivity contribution in [2.24, 2.45) is 0 Å². The maximum atomic E-state index is 12.6. The molecule has 1 rings (SSSR count). The summed E-state index contributed by atoms with van der Waals surface area (Å²) in [5, 5.41) is 2.61. The minimum Gasteiger partial charge on any atom is -0.463 e. The fraction of sp³-hybridized carbons (Fsp3) is 0.368. The normalized spacial score (nSPS) is 11.1. The number of sulfonamides is 1. The second kappa shape index (κ2) is 12.1. The van der Waals surface area contributed by atoms with Gasteiger partial charge in [0, 0.05) is 32.3 Å². The van der Waals surface area contributed by atoms with E-state index in [4.69, 9.17) is 9.47 Å². The van der Waals surface area contributed by atoms with E-state index in [0.29, 0.717) is 12.3 Å². The number of carbonyl (C=O) groups excluding carboxylic acids is 2. The third-order valence-electron chi connectivity index (χ3n) is 3.55. The van der Waals surface area contributed by atoms with E-state index in [1.807, 2.05) is 0 Å². The largest absolute Gasteiger partial charge is 0.463 e. The number of hydrogen-bond acceptors (Lipinski definition) is 6. The highest BCUT2D eigenvalue weighted by molar-refractivity contribution is 7.89. The average Bonchev–Trinajstić information content (AvgIpc) is 2.67. The number of carbonyl (C=O) groups is 2. The third kappa shape index (κ3) is 7.63. The Balaban J connectivity index is 2.64. The lowest BCUT2D eigenvalue weighted by Crippen LogP contribution is -2.31. The number of ether oxygens (including phenoxy) is 2. The minimum atomic E-state index is -3.70. The first-order chi connectivity index (χ1) is 13.3. The van der Waals surface area contributed by atoms with Crippen LogP contribution in [0.2, 0.25) is 0 Å². The SMILES string of the molecule is C=CCN(CC=C)S(=O)(=O)c1ccc(NC(=O)CCC(=O)OCCOC)cc1. The zero-order valence-corrected chi connectivity index (χ0v) is 16.7. The van der Waals surface area contributed by atoms with Crippen molar-refractivity contribution in [1.82, 2.24) is 4.31 Å². The Hall–Kier alpha value is -2.49. The molecule has 1 N–H and O–H groups in total. The number of nitrogens with one attached hydrogen (secondary N) is 1. The van der Waals surface area contributed by atoms with Gasteiger partial charge in [-0.3, -0.25) is 9.59 Å². The fourth-order valence-corrected chi connectivity index (χ4v) is 3.55. The molecule has 8 nitrogen and oxygen atoms in total. The number of anilines is 1. The van der Waals surface area contributed by atoms with E-state index in [1.165, 1.54) is 47.8 Å². The topological polar surface area (TPSA) is 102 Å². The summed E-state index contributed by atoms with van der Waals surface area (Å²) in [6.07, 6.45) is 2.89. The van der Waals surface area contributed by atoms with E-state index < -0.39 is 16.0 Å². The molecule has 1 aromatic rings. The highest BCUT2D eigenvalue weighted by Crippen LogP contribution is 2.18. The third-order valence-corrected chi connectivity index (χ3v) is 5.39. The van der Waals surface area contributed by atoms with Crippen LogP contribution in [-0.2, 0) is 29.1 Å². The summed E-state index contributed by atoms with van der Waals surface area (Å²) < 4.78 is 36.1. The van der Waals surface area contributed by atoms with Gasteiger partial charge in [0.25, 0.3) is 0 Å². The molecule has 0 saturated carbocycles. The number of benzene rings is 1. The van der Waals surface area contributed by atoms with Gasteiger partial charge >= 0.3 is 5.97 Å². The Kier molecular flexibility index (Phi) is 10.1. The van der Waals surface area contributed by atoms with Crippen molar-refractivity contribution in [3.8, 4) is 0 Å². The monoisotopic (exact) mass is 410 g/mol. The maximum Gasteiger partial charge on any atom is 0.306 e. The molecule has 0 aliphatic carbocycles. The first-order valence-corrected chi connectivity index (χ1v) is 10.1. The van der Waals surface area contributed by atoms with Crippen LogP contribution < -0.4 is 5.32 Å².